The summed E-state index contributed by atoms with van der Waals surface area (Å²) >= 11 is 0. The van der Waals surface area contributed by atoms with E-state index in [0.29, 0.717) is 11.4 Å². The zero-order chi connectivity index (χ0) is 23.3. The topological polar surface area (TPSA) is 158 Å². The van der Waals surface area contributed by atoms with Crippen LogP contribution in [0, 0.1) is 10.1 Å². The average Bonchev–Trinajstić information content (AvgIpc) is 3.33. The molecule has 32 heavy (non-hydrogen) atoms. The molecule has 1 aromatic heterocycles. The van der Waals surface area contributed by atoms with Crippen LogP contribution >= 0.6 is 0 Å². The fourth-order valence-corrected chi connectivity index (χ4v) is 2.71. The zero-order valence-corrected chi connectivity index (χ0v) is 17.0. The van der Waals surface area contributed by atoms with Crippen molar-refractivity contribution in [3.05, 3.63) is 76.4 Å². The van der Waals surface area contributed by atoms with Crippen molar-refractivity contribution in [3.8, 4) is 0 Å². The van der Waals surface area contributed by atoms with E-state index in [1.807, 2.05) is 0 Å². The highest BCUT2D eigenvalue weighted by atomic mass is 16.6. The molecule has 0 bridgehead atoms. The lowest BCUT2D eigenvalue weighted by atomic mass is 10.1. The number of methoxy groups -OCH3 is 1. The standard InChI is InChI=1S/C20H18N6O6/c1-12(25-11-21-10-22-25)18(27)23-15-3-5-16(6-4-15)24-19(28)13-7-14(20(29)32-2)9-17(8-13)26(30)31/h3-12H,1-2H3,(H,23,27)(H,24,28). The summed E-state index contributed by atoms with van der Waals surface area (Å²) in [6, 6.07) is 8.97. The molecule has 0 saturated heterocycles. The molecule has 3 rings (SSSR count). The minimum absolute atomic E-state index is 0.0846. The summed E-state index contributed by atoms with van der Waals surface area (Å²) in [4.78, 5) is 50.8. The van der Waals surface area contributed by atoms with Gasteiger partial charge in [0.1, 0.15) is 18.7 Å². The maximum Gasteiger partial charge on any atom is 0.338 e. The Morgan fingerprint density at radius 2 is 1.69 bits per heavy atom. The maximum absolute atomic E-state index is 12.6. The van der Waals surface area contributed by atoms with E-state index in [-0.39, 0.29) is 17.0 Å². The number of hydrogen-bond donors (Lipinski definition) is 2. The predicted octanol–water partition coefficient (Wildman–Crippen LogP) is 2.42. The number of anilines is 2. The third-order valence-corrected chi connectivity index (χ3v) is 4.44. The van der Waals surface area contributed by atoms with Crippen LogP contribution in [0.1, 0.15) is 33.7 Å². The lowest BCUT2D eigenvalue weighted by Crippen LogP contribution is -2.24. The summed E-state index contributed by atoms with van der Waals surface area (Å²) in [7, 11) is 1.13. The highest BCUT2D eigenvalue weighted by Gasteiger charge is 2.19. The van der Waals surface area contributed by atoms with Gasteiger partial charge in [0.25, 0.3) is 11.6 Å². The summed E-state index contributed by atoms with van der Waals surface area (Å²) in [5, 5.41) is 20.4. The van der Waals surface area contributed by atoms with Gasteiger partial charge < -0.3 is 15.4 Å². The lowest BCUT2D eigenvalue weighted by Gasteiger charge is -2.12. The second kappa shape index (κ2) is 9.47. The minimum Gasteiger partial charge on any atom is -0.465 e. The Morgan fingerprint density at radius 3 is 2.25 bits per heavy atom. The summed E-state index contributed by atoms with van der Waals surface area (Å²) in [5.41, 5.74) is 0.245. The number of nitro benzene ring substituents is 1. The van der Waals surface area contributed by atoms with E-state index in [9.17, 15) is 24.5 Å². The van der Waals surface area contributed by atoms with Gasteiger partial charge >= 0.3 is 5.97 Å². The second-order valence-corrected chi connectivity index (χ2v) is 6.59. The Morgan fingerprint density at radius 1 is 1.06 bits per heavy atom. The Labute approximate surface area is 181 Å². The maximum atomic E-state index is 12.6. The highest BCUT2D eigenvalue weighted by Crippen LogP contribution is 2.20. The van der Waals surface area contributed by atoms with Crippen LogP contribution in [0.3, 0.4) is 0 Å². The Bertz CT molecular complexity index is 1160. The number of nitrogens with one attached hydrogen (secondary N) is 2. The number of carbonyl (C=O) groups excluding carboxylic acids is 3. The molecule has 2 aromatic carbocycles. The number of hydrogen-bond acceptors (Lipinski definition) is 8. The number of amides is 2. The molecule has 0 saturated carbocycles. The molecule has 0 fully saturated rings. The first-order valence-electron chi connectivity index (χ1n) is 9.22. The zero-order valence-electron chi connectivity index (χ0n) is 17.0. The number of ether oxygens (including phenoxy) is 1. The molecule has 164 valence electrons. The van der Waals surface area contributed by atoms with Crippen molar-refractivity contribution in [2.75, 3.05) is 17.7 Å². The van der Waals surface area contributed by atoms with Gasteiger partial charge in [0, 0.05) is 29.1 Å². The molecule has 0 spiro atoms. The molecule has 2 amide bonds. The van der Waals surface area contributed by atoms with Crippen LogP contribution in [0.25, 0.3) is 0 Å². The minimum atomic E-state index is -0.803. The molecule has 12 nitrogen and oxygen atoms in total. The van der Waals surface area contributed by atoms with Gasteiger partial charge in [-0.1, -0.05) is 0 Å². The van der Waals surface area contributed by atoms with Crippen LogP contribution in [-0.4, -0.2) is 44.6 Å². The first-order chi connectivity index (χ1) is 15.3. The number of nitro groups is 1. The molecule has 3 aromatic rings. The first kappa shape index (κ1) is 22.1. The number of esters is 1. The van der Waals surface area contributed by atoms with Crippen molar-refractivity contribution in [2.45, 2.75) is 13.0 Å². The van der Waals surface area contributed by atoms with E-state index in [2.05, 4.69) is 25.5 Å². The SMILES string of the molecule is COC(=O)c1cc(C(=O)Nc2ccc(NC(=O)C(C)n3cncn3)cc2)cc([N+](=O)[O-])c1. The molecule has 1 unspecified atom stereocenters. The number of benzene rings is 2. The van der Waals surface area contributed by atoms with Gasteiger partial charge in [-0.2, -0.15) is 5.10 Å². The van der Waals surface area contributed by atoms with Crippen molar-refractivity contribution < 1.29 is 24.0 Å². The molecule has 1 heterocycles. The summed E-state index contributed by atoms with van der Waals surface area (Å²) in [5.74, 6) is -1.77. The largest absolute Gasteiger partial charge is 0.465 e. The van der Waals surface area contributed by atoms with Crippen molar-refractivity contribution >= 4 is 34.8 Å². The van der Waals surface area contributed by atoms with Gasteiger partial charge in [0.05, 0.1) is 17.6 Å². The number of rotatable bonds is 7. The Kier molecular flexibility index (Phi) is 6.53. The summed E-state index contributed by atoms with van der Waals surface area (Å²) < 4.78 is 5.98. The highest BCUT2D eigenvalue weighted by molar-refractivity contribution is 6.06. The Balaban J connectivity index is 1.70. The average molecular weight is 438 g/mol. The van der Waals surface area contributed by atoms with Crippen LogP contribution in [0.5, 0.6) is 0 Å². The van der Waals surface area contributed by atoms with E-state index in [1.165, 1.54) is 23.4 Å². The van der Waals surface area contributed by atoms with Crippen molar-refractivity contribution in [1.29, 1.82) is 0 Å². The van der Waals surface area contributed by atoms with E-state index in [1.54, 1.807) is 31.2 Å². The third-order valence-electron chi connectivity index (χ3n) is 4.44. The van der Waals surface area contributed by atoms with Crippen LogP contribution in [0.4, 0.5) is 17.1 Å². The monoisotopic (exact) mass is 438 g/mol. The third kappa shape index (κ3) is 5.11. The molecule has 0 aliphatic heterocycles. The van der Waals surface area contributed by atoms with E-state index >= 15 is 0 Å². The van der Waals surface area contributed by atoms with Gasteiger partial charge in [0.2, 0.25) is 5.91 Å². The summed E-state index contributed by atoms with van der Waals surface area (Å²) in [6.45, 7) is 1.67. The summed E-state index contributed by atoms with van der Waals surface area (Å²) in [6.07, 6.45) is 2.76. The molecular formula is C20H18N6O6. The number of non-ortho nitro benzene ring substituents is 1. The first-order valence-corrected chi connectivity index (χ1v) is 9.22. The molecule has 0 aliphatic carbocycles. The van der Waals surface area contributed by atoms with Gasteiger partial charge in [-0.05, 0) is 37.3 Å². The van der Waals surface area contributed by atoms with E-state index in [4.69, 9.17) is 0 Å². The van der Waals surface area contributed by atoms with Gasteiger partial charge in [-0.25, -0.2) is 14.5 Å². The van der Waals surface area contributed by atoms with Gasteiger partial charge in [-0.3, -0.25) is 19.7 Å². The van der Waals surface area contributed by atoms with Crippen molar-refractivity contribution in [2.24, 2.45) is 0 Å². The van der Waals surface area contributed by atoms with Crippen LogP contribution in [-0.2, 0) is 9.53 Å². The predicted molar refractivity (Wildman–Crippen MR) is 112 cm³/mol. The van der Waals surface area contributed by atoms with Crippen LogP contribution in [0.15, 0.2) is 55.1 Å². The van der Waals surface area contributed by atoms with Gasteiger partial charge in [-0.15, -0.1) is 0 Å². The smallest absolute Gasteiger partial charge is 0.338 e. The van der Waals surface area contributed by atoms with E-state index < -0.39 is 28.5 Å². The number of nitrogens with zero attached hydrogens (tertiary/aromatic N) is 4. The number of carbonyl (C=O) groups is 3. The molecule has 12 heteroatoms. The quantitative estimate of drug-likeness (QED) is 0.323. The molecule has 0 radical (unpaired) electrons. The van der Waals surface area contributed by atoms with Crippen LogP contribution < -0.4 is 10.6 Å². The molecule has 0 aliphatic rings. The Hall–Kier alpha value is -4.61. The van der Waals surface area contributed by atoms with Gasteiger partial charge in [0.15, 0.2) is 0 Å². The number of aromatic nitrogens is 3. The van der Waals surface area contributed by atoms with Crippen molar-refractivity contribution in [3.63, 3.8) is 0 Å². The van der Waals surface area contributed by atoms with Crippen molar-refractivity contribution in [1.82, 2.24) is 14.8 Å². The van der Waals surface area contributed by atoms with Crippen LogP contribution in [0.2, 0.25) is 0 Å². The van der Waals surface area contributed by atoms with E-state index in [0.717, 1.165) is 19.2 Å². The fraction of sp³-hybridized carbons (Fsp3) is 0.150. The molecule has 1 atom stereocenters. The normalized spacial score (nSPS) is 11.3. The second-order valence-electron chi connectivity index (χ2n) is 6.59. The fourth-order valence-electron chi connectivity index (χ4n) is 2.71. The lowest BCUT2D eigenvalue weighted by molar-refractivity contribution is -0.384. The molecular weight excluding hydrogens is 420 g/mol. The molecule has 2 N–H and O–H groups in total.